The Morgan fingerprint density at radius 3 is 1.80 bits per heavy atom. The van der Waals surface area contributed by atoms with E-state index in [4.69, 9.17) is 37.9 Å². The van der Waals surface area contributed by atoms with Gasteiger partial charge >= 0.3 is 0 Å². The first-order chi connectivity index (χ1) is 35.2. The molecule has 4 aliphatic heterocycles. The molecule has 0 radical (unpaired) electrons. The zero-order valence-corrected chi connectivity index (χ0v) is 44.4. The number of aliphatic hydroxyl groups is 14. The Kier molecular flexibility index (Phi) is 18.2. The molecule has 75 heavy (non-hydrogen) atoms. The largest absolute Gasteiger partial charge is 0.394 e. The summed E-state index contributed by atoms with van der Waals surface area (Å²) in [5, 5.41) is 155. The lowest BCUT2D eigenvalue weighted by Gasteiger charge is -2.62. The summed E-state index contributed by atoms with van der Waals surface area (Å²) in [4.78, 5) is 0. The highest BCUT2D eigenvalue weighted by atomic mass is 16.8. The summed E-state index contributed by atoms with van der Waals surface area (Å²) in [6.07, 6.45) is -28.8. The van der Waals surface area contributed by atoms with E-state index in [0.717, 1.165) is 31.3 Å². The molecule has 0 amide bonds. The second-order valence-electron chi connectivity index (χ2n) is 24.3. The Hall–Kier alpha value is -1.40. The molecule has 2 saturated carbocycles. The summed E-state index contributed by atoms with van der Waals surface area (Å²) in [6, 6.07) is 0. The molecule has 29 atom stereocenters. The quantitative estimate of drug-likeness (QED) is 0.0782. The third-order valence-corrected chi connectivity index (χ3v) is 19.8. The van der Waals surface area contributed by atoms with Gasteiger partial charge in [0.2, 0.25) is 0 Å². The highest BCUT2D eigenvalue weighted by molar-refractivity contribution is 5.39. The maximum atomic E-state index is 13.1. The van der Waals surface area contributed by atoms with Crippen LogP contribution in [0.15, 0.2) is 23.3 Å². The molecule has 432 valence electrons. The molecule has 0 aromatic heterocycles. The lowest BCUT2D eigenvalue weighted by molar-refractivity contribution is -0.405. The number of hydrogen-bond acceptors (Lipinski definition) is 22. The number of allylic oxidation sites excluding steroid dienone is 2. The van der Waals surface area contributed by atoms with E-state index in [1.54, 1.807) is 0 Å². The molecule has 8 aliphatic rings. The highest BCUT2D eigenvalue weighted by Gasteiger charge is 2.66. The van der Waals surface area contributed by atoms with Crippen molar-refractivity contribution in [2.45, 2.75) is 253 Å². The minimum absolute atomic E-state index is 0.0308. The van der Waals surface area contributed by atoms with Gasteiger partial charge in [-0.1, -0.05) is 44.4 Å². The van der Waals surface area contributed by atoms with Crippen molar-refractivity contribution in [3.05, 3.63) is 23.3 Å². The van der Waals surface area contributed by atoms with E-state index in [1.165, 1.54) is 25.0 Å². The van der Waals surface area contributed by atoms with Gasteiger partial charge in [-0.05, 0) is 113 Å². The maximum Gasteiger partial charge on any atom is 0.187 e. The van der Waals surface area contributed by atoms with Gasteiger partial charge in [0.05, 0.1) is 44.2 Å². The van der Waals surface area contributed by atoms with Gasteiger partial charge in [0.15, 0.2) is 25.2 Å². The number of ether oxygens (including phenoxy) is 8. The van der Waals surface area contributed by atoms with Crippen LogP contribution in [0, 0.1) is 34.0 Å². The minimum atomic E-state index is -2.01. The van der Waals surface area contributed by atoms with Crippen LogP contribution in [0.25, 0.3) is 0 Å². The van der Waals surface area contributed by atoms with Gasteiger partial charge in [-0.2, -0.15) is 0 Å². The lowest BCUT2D eigenvalue weighted by Crippen LogP contribution is -2.69. The summed E-state index contributed by atoms with van der Waals surface area (Å²) in [7, 11) is 0. The van der Waals surface area contributed by atoms with E-state index in [1.807, 2.05) is 6.92 Å². The standard InChI is InChI=1S/C53H88O22/c1-22(2)17-26(57)18-23(3)27-11-15-52(8)29-9-10-32-50(6,28(29)12-16-51(27,52)7)14-13-33(53(32,67)21-56)72-49-45(44(37(61)31(20-55)71-49)74-46-40(64)38(62)34(58)24(4)68-46)75-48-42(66)43(35(59)25(5)69-48)73-47-41(65)39(63)36(60)30(19-54)70-47/h23-27,30-49,54-67H,1,9-21H2,2-8H3. The van der Waals surface area contributed by atoms with Gasteiger partial charge in [-0.15, -0.1) is 6.58 Å². The van der Waals surface area contributed by atoms with Crippen LogP contribution in [-0.4, -0.2) is 232 Å². The van der Waals surface area contributed by atoms with E-state index in [0.29, 0.717) is 38.0 Å². The molecule has 29 unspecified atom stereocenters. The number of hydrogen-bond donors (Lipinski definition) is 14. The van der Waals surface area contributed by atoms with Crippen molar-refractivity contribution < 1.29 is 109 Å². The molecule has 22 nitrogen and oxygen atoms in total. The first-order valence-corrected chi connectivity index (χ1v) is 27.2. The minimum Gasteiger partial charge on any atom is -0.394 e. The van der Waals surface area contributed by atoms with Crippen LogP contribution in [0.4, 0.5) is 0 Å². The van der Waals surface area contributed by atoms with Crippen LogP contribution >= 0.6 is 0 Å². The summed E-state index contributed by atoms with van der Waals surface area (Å²) in [5.74, 6) is 0.146. The number of fused-ring (bicyclic) bond motifs is 4. The van der Waals surface area contributed by atoms with Crippen molar-refractivity contribution in [3.63, 3.8) is 0 Å². The monoisotopic (exact) mass is 1080 g/mol. The fourth-order valence-corrected chi connectivity index (χ4v) is 15.2. The van der Waals surface area contributed by atoms with Crippen LogP contribution in [0.2, 0.25) is 0 Å². The van der Waals surface area contributed by atoms with Crippen molar-refractivity contribution in [3.8, 4) is 0 Å². The lowest BCUT2D eigenvalue weighted by atomic mass is 9.44. The predicted molar refractivity (Wildman–Crippen MR) is 260 cm³/mol. The highest BCUT2D eigenvalue weighted by Crippen LogP contribution is 2.72. The summed E-state index contributed by atoms with van der Waals surface area (Å²) in [5.41, 5.74) is 1.00. The summed E-state index contributed by atoms with van der Waals surface area (Å²) in [6.45, 7) is 15.6. The average molecular weight is 1080 g/mol. The third-order valence-electron chi connectivity index (χ3n) is 19.8. The molecule has 14 N–H and O–H groups in total. The molecule has 0 spiro atoms. The van der Waals surface area contributed by atoms with Crippen LogP contribution in [0.5, 0.6) is 0 Å². The van der Waals surface area contributed by atoms with Gasteiger partial charge in [0.1, 0.15) is 91.1 Å². The molecule has 6 fully saturated rings. The molecule has 22 heteroatoms. The van der Waals surface area contributed by atoms with E-state index in [9.17, 15) is 71.5 Å². The van der Waals surface area contributed by atoms with Gasteiger partial charge in [-0.25, -0.2) is 0 Å². The van der Waals surface area contributed by atoms with Gasteiger partial charge in [0.25, 0.3) is 0 Å². The van der Waals surface area contributed by atoms with Gasteiger partial charge in [-0.3, -0.25) is 0 Å². The zero-order chi connectivity index (χ0) is 55.0. The van der Waals surface area contributed by atoms with Crippen LogP contribution in [-0.2, 0) is 37.9 Å². The van der Waals surface area contributed by atoms with Crippen molar-refractivity contribution in [2.75, 3.05) is 19.8 Å². The SMILES string of the molecule is C=C(C)CC(O)CC(C)C1CCC2(C)C3=C(CCC12C)C1(C)CCC(OC2OC(CO)C(O)C(OC4OC(C)C(O)C(O)C4O)C2OC2OC(C)C(O)C(OC4OC(CO)C(O)C(O)C4O)C2O)C(O)(CO)C1CC3. The second kappa shape index (κ2) is 22.9. The molecule has 4 saturated heterocycles. The summed E-state index contributed by atoms with van der Waals surface area (Å²) < 4.78 is 48.8. The molecule has 0 aromatic carbocycles. The Balaban J connectivity index is 1.09. The summed E-state index contributed by atoms with van der Waals surface area (Å²) >= 11 is 0. The Labute approximate surface area is 438 Å². The third kappa shape index (κ3) is 10.5. The molecule has 0 aromatic rings. The van der Waals surface area contributed by atoms with Crippen molar-refractivity contribution in [1.82, 2.24) is 0 Å². The molecule has 4 aliphatic carbocycles. The fourth-order valence-electron chi connectivity index (χ4n) is 15.2. The predicted octanol–water partition coefficient (Wildman–Crippen LogP) is -1.50. The van der Waals surface area contributed by atoms with E-state index < -0.39 is 172 Å². The molecule has 8 rings (SSSR count). The van der Waals surface area contributed by atoms with Gasteiger partial charge in [0, 0.05) is 5.92 Å². The topological polar surface area (TPSA) is 357 Å². The number of aliphatic hydroxyl groups excluding tert-OH is 13. The van der Waals surface area contributed by atoms with E-state index >= 15 is 0 Å². The zero-order valence-electron chi connectivity index (χ0n) is 44.4. The maximum absolute atomic E-state index is 13.1. The molecule has 0 bridgehead atoms. The first kappa shape index (κ1) is 59.7. The smallest absolute Gasteiger partial charge is 0.187 e. The second-order valence-corrected chi connectivity index (χ2v) is 24.3. The van der Waals surface area contributed by atoms with E-state index in [-0.39, 0.29) is 23.2 Å². The Morgan fingerprint density at radius 1 is 0.613 bits per heavy atom. The van der Waals surface area contributed by atoms with Crippen LogP contribution in [0.3, 0.4) is 0 Å². The van der Waals surface area contributed by atoms with E-state index in [2.05, 4.69) is 34.3 Å². The average Bonchev–Trinajstić information content (AvgIpc) is 3.65. The Bertz CT molecular complexity index is 2000. The molecular formula is C53H88O22. The number of rotatable bonds is 16. The Morgan fingerprint density at radius 2 is 1.17 bits per heavy atom. The molecular weight excluding hydrogens is 989 g/mol. The van der Waals surface area contributed by atoms with Crippen molar-refractivity contribution in [1.29, 1.82) is 0 Å². The molecule has 4 heterocycles. The van der Waals surface area contributed by atoms with Crippen LogP contribution < -0.4 is 0 Å². The van der Waals surface area contributed by atoms with Gasteiger partial charge < -0.3 is 109 Å². The van der Waals surface area contributed by atoms with Crippen molar-refractivity contribution in [2.24, 2.45) is 34.0 Å². The van der Waals surface area contributed by atoms with Crippen LogP contribution in [0.1, 0.15) is 113 Å². The normalized spacial score (nSPS) is 52.1. The first-order valence-electron chi connectivity index (χ1n) is 27.2. The fraction of sp³-hybridized carbons (Fsp3) is 0.925. The van der Waals surface area contributed by atoms with Crippen molar-refractivity contribution >= 4 is 0 Å².